The summed E-state index contributed by atoms with van der Waals surface area (Å²) in [7, 11) is 0. The normalized spacial score (nSPS) is 19.1. The predicted molar refractivity (Wildman–Crippen MR) is 124 cm³/mol. The van der Waals surface area contributed by atoms with E-state index in [2.05, 4.69) is 24.4 Å². The van der Waals surface area contributed by atoms with Crippen LogP contribution in [0, 0.1) is 5.82 Å². The van der Waals surface area contributed by atoms with Gasteiger partial charge in [0.1, 0.15) is 11.6 Å². The first-order chi connectivity index (χ1) is 15.5. The van der Waals surface area contributed by atoms with Crippen LogP contribution in [0.15, 0.2) is 60.7 Å². The van der Waals surface area contributed by atoms with Gasteiger partial charge in [-0.3, -0.25) is 0 Å². The Morgan fingerprint density at radius 1 is 1.06 bits per heavy atom. The van der Waals surface area contributed by atoms with Crippen molar-refractivity contribution in [3.05, 3.63) is 77.6 Å². The minimum Gasteiger partial charge on any atom is -0.482 e. The van der Waals surface area contributed by atoms with E-state index in [9.17, 15) is 9.18 Å². The lowest BCUT2D eigenvalue weighted by Crippen LogP contribution is -2.29. The van der Waals surface area contributed by atoms with E-state index in [1.165, 1.54) is 5.56 Å². The summed E-state index contributed by atoms with van der Waals surface area (Å²) >= 11 is 0. The van der Waals surface area contributed by atoms with Gasteiger partial charge < -0.3 is 14.8 Å². The molecular formula is C27H30FNO3. The lowest BCUT2D eigenvalue weighted by Gasteiger charge is -2.22. The zero-order valence-electron chi connectivity index (χ0n) is 18.6. The fourth-order valence-corrected chi connectivity index (χ4v) is 4.72. The predicted octanol–water partition coefficient (Wildman–Crippen LogP) is 5.91. The summed E-state index contributed by atoms with van der Waals surface area (Å²) in [6, 6.07) is 19.7. The molecule has 1 aliphatic carbocycles. The molecule has 1 N–H and O–H groups in total. The topological polar surface area (TPSA) is 47.6 Å². The Morgan fingerprint density at radius 3 is 2.56 bits per heavy atom. The number of carbonyl (C=O) groups excluding carboxylic acids is 1. The van der Waals surface area contributed by atoms with Crippen LogP contribution in [0.5, 0.6) is 5.75 Å². The van der Waals surface area contributed by atoms with Crippen molar-refractivity contribution in [2.45, 2.75) is 51.1 Å². The van der Waals surface area contributed by atoms with E-state index in [0.717, 1.165) is 30.2 Å². The highest BCUT2D eigenvalue weighted by Crippen LogP contribution is 2.36. The summed E-state index contributed by atoms with van der Waals surface area (Å²) in [5.74, 6) is 0.631. The van der Waals surface area contributed by atoms with Gasteiger partial charge in [0.2, 0.25) is 0 Å². The van der Waals surface area contributed by atoms with Gasteiger partial charge in [-0.25, -0.2) is 9.18 Å². The smallest absolute Gasteiger partial charge is 0.344 e. The lowest BCUT2D eigenvalue weighted by molar-refractivity contribution is -0.145. The van der Waals surface area contributed by atoms with Gasteiger partial charge in [0.25, 0.3) is 0 Å². The van der Waals surface area contributed by atoms with Crippen molar-refractivity contribution in [1.82, 2.24) is 5.32 Å². The van der Waals surface area contributed by atoms with Gasteiger partial charge >= 0.3 is 5.97 Å². The Labute approximate surface area is 188 Å². The van der Waals surface area contributed by atoms with Crippen LogP contribution in [-0.4, -0.2) is 25.2 Å². The fourth-order valence-electron chi connectivity index (χ4n) is 4.72. The zero-order chi connectivity index (χ0) is 22.5. The number of fused-ring (bicyclic) bond motifs is 1. The van der Waals surface area contributed by atoms with Gasteiger partial charge in [-0.05, 0) is 73.7 Å². The molecule has 0 heterocycles. The first-order valence-corrected chi connectivity index (χ1v) is 11.4. The molecule has 0 bridgehead atoms. The Kier molecular flexibility index (Phi) is 7.05. The molecule has 0 aliphatic heterocycles. The molecule has 3 aromatic rings. The second-order valence-corrected chi connectivity index (χ2v) is 8.44. The summed E-state index contributed by atoms with van der Waals surface area (Å²) in [5, 5.41) is 5.41. The van der Waals surface area contributed by atoms with Crippen LogP contribution in [0.4, 0.5) is 4.39 Å². The van der Waals surface area contributed by atoms with Gasteiger partial charge in [-0.2, -0.15) is 0 Å². The second-order valence-electron chi connectivity index (χ2n) is 8.44. The number of carbonyl (C=O) groups is 1. The minimum absolute atomic E-state index is 0.0709. The van der Waals surface area contributed by atoms with Crippen LogP contribution in [-0.2, 0) is 9.53 Å². The molecule has 0 amide bonds. The van der Waals surface area contributed by atoms with Crippen molar-refractivity contribution >= 4 is 16.7 Å². The molecule has 0 aromatic heterocycles. The highest BCUT2D eigenvalue weighted by molar-refractivity contribution is 5.86. The van der Waals surface area contributed by atoms with E-state index in [1.807, 2.05) is 42.5 Å². The van der Waals surface area contributed by atoms with Gasteiger partial charge in [-0.1, -0.05) is 42.5 Å². The Balaban J connectivity index is 1.35. The molecule has 3 atom stereocenters. The molecule has 0 saturated heterocycles. The van der Waals surface area contributed by atoms with Crippen LogP contribution < -0.4 is 10.1 Å². The molecule has 4 rings (SSSR count). The summed E-state index contributed by atoms with van der Waals surface area (Å²) in [6.45, 7) is 4.22. The average molecular weight is 436 g/mol. The molecule has 32 heavy (non-hydrogen) atoms. The third kappa shape index (κ3) is 5.10. The maximum atomic E-state index is 14.2. The maximum Gasteiger partial charge on any atom is 0.344 e. The summed E-state index contributed by atoms with van der Waals surface area (Å²) in [5.41, 5.74) is 2.42. The highest BCUT2D eigenvalue weighted by atomic mass is 19.1. The molecular weight excluding hydrogens is 405 g/mol. The lowest BCUT2D eigenvalue weighted by atomic mass is 9.96. The third-order valence-corrected chi connectivity index (χ3v) is 6.30. The minimum atomic E-state index is -0.357. The number of nitrogens with one attached hydrogen (secondary N) is 1. The first kappa shape index (κ1) is 22.3. The molecule has 0 radical (unpaired) electrons. The largest absolute Gasteiger partial charge is 0.482 e. The number of ether oxygens (including phenoxy) is 2. The second kappa shape index (κ2) is 10.1. The van der Waals surface area contributed by atoms with Crippen molar-refractivity contribution in [2.75, 3.05) is 13.2 Å². The van der Waals surface area contributed by atoms with E-state index in [4.69, 9.17) is 9.47 Å². The van der Waals surface area contributed by atoms with Crippen LogP contribution in [0.3, 0.4) is 0 Å². The molecule has 0 spiro atoms. The first-order valence-electron chi connectivity index (χ1n) is 11.4. The number of esters is 1. The van der Waals surface area contributed by atoms with E-state index >= 15 is 0 Å². The standard InChI is InChI=1S/C27H30FNO3/c1-3-31-27(30)17-32-22-12-9-19(10-13-22)20-8-11-21(16-20)29-18(2)23-14-15-26(28)25-7-5-4-6-24(23)25/h4-7,9-10,12-15,18,20-21,29H,3,8,11,16-17H2,1-2H3/t18-,20+,21+/m1/s1. The summed E-state index contributed by atoms with van der Waals surface area (Å²) in [4.78, 5) is 11.4. The van der Waals surface area contributed by atoms with Crippen molar-refractivity contribution in [1.29, 1.82) is 0 Å². The highest BCUT2D eigenvalue weighted by Gasteiger charge is 2.27. The fraction of sp³-hybridized carbons (Fsp3) is 0.370. The number of hydrogen-bond donors (Lipinski definition) is 1. The molecule has 4 nitrogen and oxygen atoms in total. The molecule has 0 unspecified atom stereocenters. The van der Waals surface area contributed by atoms with Gasteiger partial charge in [0, 0.05) is 17.5 Å². The number of rotatable bonds is 8. The zero-order valence-corrected chi connectivity index (χ0v) is 18.6. The third-order valence-electron chi connectivity index (χ3n) is 6.30. The van der Waals surface area contributed by atoms with Crippen LogP contribution in [0.25, 0.3) is 10.8 Å². The van der Waals surface area contributed by atoms with E-state index in [1.54, 1.807) is 13.0 Å². The van der Waals surface area contributed by atoms with E-state index < -0.39 is 0 Å². The van der Waals surface area contributed by atoms with E-state index in [0.29, 0.717) is 29.7 Å². The molecule has 1 aliphatic rings. The summed E-state index contributed by atoms with van der Waals surface area (Å²) in [6.07, 6.45) is 3.29. The van der Waals surface area contributed by atoms with Gasteiger partial charge in [0.15, 0.2) is 6.61 Å². The average Bonchev–Trinajstić information content (AvgIpc) is 3.27. The van der Waals surface area contributed by atoms with Crippen molar-refractivity contribution in [3.63, 3.8) is 0 Å². The molecule has 168 valence electrons. The van der Waals surface area contributed by atoms with Crippen LogP contribution in [0.1, 0.15) is 56.2 Å². The Morgan fingerprint density at radius 2 is 1.81 bits per heavy atom. The SMILES string of the molecule is CCOC(=O)COc1ccc([C@H]2CC[C@H](N[C@H](C)c3ccc(F)c4ccccc34)C2)cc1. The van der Waals surface area contributed by atoms with Gasteiger partial charge in [-0.15, -0.1) is 0 Å². The summed E-state index contributed by atoms with van der Waals surface area (Å²) < 4.78 is 24.5. The van der Waals surface area contributed by atoms with Crippen LogP contribution in [0.2, 0.25) is 0 Å². The Hall–Kier alpha value is -2.92. The van der Waals surface area contributed by atoms with Crippen LogP contribution >= 0.6 is 0 Å². The molecule has 5 heteroatoms. The molecule has 1 saturated carbocycles. The quantitative estimate of drug-likeness (QED) is 0.447. The monoisotopic (exact) mass is 435 g/mol. The molecule has 3 aromatic carbocycles. The number of halogens is 1. The van der Waals surface area contributed by atoms with Crippen molar-refractivity contribution in [3.8, 4) is 5.75 Å². The van der Waals surface area contributed by atoms with Crippen molar-refractivity contribution in [2.24, 2.45) is 0 Å². The molecule has 1 fully saturated rings. The number of hydrogen-bond acceptors (Lipinski definition) is 4. The number of benzene rings is 3. The van der Waals surface area contributed by atoms with Crippen molar-refractivity contribution < 1.29 is 18.7 Å². The van der Waals surface area contributed by atoms with E-state index in [-0.39, 0.29) is 24.4 Å². The van der Waals surface area contributed by atoms with Gasteiger partial charge in [0.05, 0.1) is 6.61 Å². The Bertz CT molecular complexity index is 1070. The maximum absolute atomic E-state index is 14.2.